The molecule has 0 aliphatic heterocycles. The fourth-order valence-corrected chi connectivity index (χ4v) is 4.42. The maximum absolute atomic E-state index is 5.47. The molecule has 0 saturated heterocycles. The van der Waals surface area contributed by atoms with E-state index in [2.05, 4.69) is 0 Å². The Labute approximate surface area is 62.3 Å². The average molecular weight is 196 g/mol. The van der Waals surface area contributed by atoms with Gasteiger partial charge in [-0.2, -0.15) is 0 Å². The van der Waals surface area contributed by atoms with Crippen LogP contribution in [0.15, 0.2) is 0 Å². The summed E-state index contributed by atoms with van der Waals surface area (Å²) in [6.07, 6.45) is 0. The number of rotatable bonds is 2. The Bertz CT molecular complexity index is 51.4. The Balaban J connectivity index is 3.15. The topological polar surface area (TPSA) is 0 Å². The van der Waals surface area contributed by atoms with E-state index in [4.69, 9.17) is 33.2 Å². The molecule has 0 saturated carbocycles. The molecule has 0 aromatic carbocycles. The highest BCUT2D eigenvalue weighted by molar-refractivity contribution is 8.43. The van der Waals surface area contributed by atoms with E-state index in [1.807, 2.05) is 6.92 Å². The summed E-state index contributed by atoms with van der Waals surface area (Å²) in [5.74, 6) is 0.892. The van der Waals surface area contributed by atoms with Crippen molar-refractivity contribution in [3.05, 3.63) is 0 Å². The van der Waals surface area contributed by atoms with Crippen LogP contribution in [0.2, 0.25) is 0 Å². The Morgan fingerprint density at radius 3 is 1.86 bits per heavy atom. The fraction of sp³-hybridized carbons (Fsp3) is 1.00. The van der Waals surface area contributed by atoms with Gasteiger partial charge >= 0.3 is 5.15 Å². The minimum absolute atomic E-state index is 0.892. The van der Waals surface area contributed by atoms with Crippen LogP contribution < -0.4 is 0 Å². The SMILES string of the molecule is CCS[Si](Cl)(Cl)Cl. The minimum atomic E-state index is -2.32. The van der Waals surface area contributed by atoms with E-state index in [9.17, 15) is 0 Å². The normalized spacial score (nSPS) is 12.0. The zero-order valence-corrected chi connectivity index (χ0v) is 7.83. The highest BCUT2D eigenvalue weighted by Gasteiger charge is 2.24. The molecule has 7 heavy (non-hydrogen) atoms. The van der Waals surface area contributed by atoms with Gasteiger partial charge in [-0.3, -0.25) is 0 Å². The summed E-state index contributed by atoms with van der Waals surface area (Å²) in [5, 5.41) is -2.32. The summed E-state index contributed by atoms with van der Waals surface area (Å²) < 4.78 is 0. The maximum atomic E-state index is 5.47. The quantitative estimate of drug-likeness (QED) is 0.482. The molecule has 0 radical (unpaired) electrons. The van der Waals surface area contributed by atoms with Gasteiger partial charge in [-0.05, 0) is 5.75 Å². The standard InChI is InChI=1S/C2H5Cl3SSi/c1-2-6-7(3,4)5/h2H2,1H3. The van der Waals surface area contributed by atoms with E-state index in [0.29, 0.717) is 0 Å². The van der Waals surface area contributed by atoms with E-state index in [-0.39, 0.29) is 0 Å². The predicted octanol–water partition coefficient (Wildman–Crippen LogP) is 2.89. The van der Waals surface area contributed by atoms with Gasteiger partial charge in [0.2, 0.25) is 0 Å². The zero-order chi connectivity index (χ0) is 5.91. The van der Waals surface area contributed by atoms with Crippen LogP contribution in [-0.4, -0.2) is 10.9 Å². The first-order chi connectivity index (χ1) is 3.06. The van der Waals surface area contributed by atoms with Crippen molar-refractivity contribution in [3.8, 4) is 0 Å². The third-order valence-corrected chi connectivity index (χ3v) is 5.72. The van der Waals surface area contributed by atoms with Crippen molar-refractivity contribution in [2.45, 2.75) is 6.92 Å². The minimum Gasteiger partial charge on any atom is -0.138 e. The molecule has 0 spiro atoms. The van der Waals surface area contributed by atoms with Crippen molar-refractivity contribution >= 4 is 49.6 Å². The van der Waals surface area contributed by atoms with Crippen LogP contribution in [0.3, 0.4) is 0 Å². The van der Waals surface area contributed by atoms with Gasteiger partial charge in [0.15, 0.2) is 0 Å². The Hall–Kier alpha value is 1.44. The molecule has 0 unspecified atom stereocenters. The maximum Gasteiger partial charge on any atom is 0.404 e. The number of hydrogen-bond donors (Lipinski definition) is 0. The van der Waals surface area contributed by atoms with Gasteiger partial charge in [0, 0.05) is 0 Å². The second-order valence-electron chi connectivity index (χ2n) is 0.879. The summed E-state index contributed by atoms with van der Waals surface area (Å²) >= 11 is 17.8. The molecule has 0 aromatic heterocycles. The van der Waals surface area contributed by atoms with E-state index in [1.165, 1.54) is 11.2 Å². The molecular formula is C2H5Cl3SSi. The largest absolute Gasteiger partial charge is 0.404 e. The lowest BCUT2D eigenvalue weighted by Crippen LogP contribution is -2.01. The zero-order valence-electron chi connectivity index (χ0n) is 3.75. The number of hydrogen-bond acceptors (Lipinski definition) is 1. The lowest BCUT2D eigenvalue weighted by atomic mass is 11.0. The van der Waals surface area contributed by atoms with Gasteiger partial charge in [-0.25, -0.2) is 0 Å². The second-order valence-corrected chi connectivity index (χ2v) is 14.2. The van der Waals surface area contributed by atoms with Crippen molar-refractivity contribution in [3.63, 3.8) is 0 Å². The van der Waals surface area contributed by atoms with E-state index in [1.54, 1.807) is 0 Å². The number of halogens is 3. The first kappa shape index (κ1) is 8.44. The van der Waals surface area contributed by atoms with Crippen LogP contribution in [0.4, 0.5) is 0 Å². The van der Waals surface area contributed by atoms with Crippen molar-refractivity contribution < 1.29 is 0 Å². The molecule has 5 heteroatoms. The molecule has 0 amide bonds. The van der Waals surface area contributed by atoms with Gasteiger partial charge < -0.3 is 0 Å². The van der Waals surface area contributed by atoms with E-state index < -0.39 is 5.15 Å². The molecule has 0 fully saturated rings. The molecule has 0 nitrogen and oxygen atoms in total. The Morgan fingerprint density at radius 2 is 1.86 bits per heavy atom. The Morgan fingerprint density at radius 1 is 1.43 bits per heavy atom. The van der Waals surface area contributed by atoms with E-state index in [0.717, 1.165) is 5.75 Å². The molecule has 0 aliphatic carbocycles. The van der Waals surface area contributed by atoms with Gasteiger partial charge in [0.1, 0.15) is 0 Å². The Kier molecular flexibility index (Phi) is 4.17. The molecule has 0 rings (SSSR count). The van der Waals surface area contributed by atoms with Crippen molar-refractivity contribution in [1.29, 1.82) is 0 Å². The van der Waals surface area contributed by atoms with Crippen molar-refractivity contribution in [2.75, 3.05) is 5.75 Å². The third kappa shape index (κ3) is 7.44. The smallest absolute Gasteiger partial charge is 0.138 e. The molecule has 0 bridgehead atoms. The first-order valence-electron chi connectivity index (χ1n) is 1.77. The van der Waals surface area contributed by atoms with Gasteiger partial charge in [0.25, 0.3) is 0 Å². The van der Waals surface area contributed by atoms with Crippen LogP contribution in [-0.2, 0) is 0 Å². The van der Waals surface area contributed by atoms with Crippen LogP contribution in [0.25, 0.3) is 0 Å². The van der Waals surface area contributed by atoms with Gasteiger partial charge in [0.05, 0.1) is 0 Å². The van der Waals surface area contributed by atoms with Gasteiger partial charge in [-0.1, -0.05) is 6.92 Å². The molecule has 0 N–H and O–H groups in total. The lowest BCUT2D eigenvalue weighted by molar-refractivity contribution is 1.54. The molecule has 44 valence electrons. The van der Waals surface area contributed by atoms with Crippen LogP contribution in [0, 0.1) is 0 Å². The van der Waals surface area contributed by atoms with Crippen LogP contribution in [0.1, 0.15) is 6.92 Å². The lowest BCUT2D eigenvalue weighted by Gasteiger charge is -2.01. The summed E-state index contributed by atoms with van der Waals surface area (Å²) in [5.41, 5.74) is 0. The predicted molar refractivity (Wildman–Crippen MR) is 41.4 cm³/mol. The van der Waals surface area contributed by atoms with Crippen molar-refractivity contribution in [1.82, 2.24) is 0 Å². The second kappa shape index (κ2) is 3.46. The third-order valence-electron chi connectivity index (χ3n) is 0.308. The molecule has 0 atom stereocenters. The fourth-order valence-electron chi connectivity index (χ4n) is 0.164. The summed E-state index contributed by atoms with van der Waals surface area (Å²) in [6.45, 7) is 1.97. The highest BCUT2D eigenvalue weighted by Crippen LogP contribution is 2.32. The van der Waals surface area contributed by atoms with Gasteiger partial charge in [-0.15, -0.1) is 44.4 Å². The highest BCUT2D eigenvalue weighted by atomic mass is 35.9. The summed E-state index contributed by atoms with van der Waals surface area (Å²) in [4.78, 5) is 0. The molecule has 0 heterocycles. The average Bonchev–Trinajstić information content (AvgIpc) is 1.30. The summed E-state index contributed by atoms with van der Waals surface area (Å²) in [6, 6.07) is 0. The van der Waals surface area contributed by atoms with E-state index >= 15 is 0 Å². The monoisotopic (exact) mass is 194 g/mol. The molecule has 0 aliphatic rings. The van der Waals surface area contributed by atoms with Crippen molar-refractivity contribution in [2.24, 2.45) is 0 Å². The first-order valence-corrected chi connectivity index (χ1v) is 8.51. The molecule has 0 aromatic rings. The van der Waals surface area contributed by atoms with Crippen LogP contribution in [0.5, 0.6) is 0 Å². The summed E-state index contributed by atoms with van der Waals surface area (Å²) in [7, 11) is 0. The molecular weight excluding hydrogens is 191 g/mol. The van der Waals surface area contributed by atoms with Crippen LogP contribution >= 0.6 is 44.4 Å².